The van der Waals surface area contributed by atoms with Crippen molar-refractivity contribution in [2.45, 2.75) is 13.8 Å². The topological polar surface area (TPSA) is 87.7 Å². The Hall–Kier alpha value is -2.27. The lowest BCUT2D eigenvalue weighted by Gasteiger charge is -2.21. The predicted octanol–water partition coefficient (Wildman–Crippen LogP) is 1.35. The van der Waals surface area contributed by atoms with Crippen LogP contribution in [0.5, 0.6) is 0 Å². The number of tetrazole rings is 1. The first kappa shape index (κ1) is 14.1. The maximum absolute atomic E-state index is 12.5. The van der Waals surface area contributed by atoms with Gasteiger partial charge < -0.3 is 4.90 Å². The highest BCUT2D eigenvalue weighted by molar-refractivity contribution is 7.12. The van der Waals surface area contributed by atoms with Crippen molar-refractivity contribution in [3.63, 3.8) is 0 Å². The van der Waals surface area contributed by atoms with Gasteiger partial charge in [0, 0.05) is 13.1 Å². The maximum Gasteiger partial charge on any atom is 0.266 e. The molecule has 2 heterocycles. The summed E-state index contributed by atoms with van der Waals surface area (Å²) >= 11 is 1.34. The number of aromatic nitrogens is 4. The molecule has 0 aliphatic rings. The smallest absolute Gasteiger partial charge is 0.266 e. The van der Waals surface area contributed by atoms with E-state index in [1.54, 1.807) is 17.9 Å². The Morgan fingerprint density at radius 2 is 2.45 bits per heavy atom. The zero-order chi connectivity index (χ0) is 14.5. The Morgan fingerprint density at radius 1 is 1.65 bits per heavy atom. The average Bonchev–Trinajstić information content (AvgIpc) is 3.12. The van der Waals surface area contributed by atoms with Gasteiger partial charge in [-0.25, -0.2) is 0 Å². The molecule has 1 atom stereocenters. The first-order valence-corrected chi connectivity index (χ1v) is 7.05. The van der Waals surface area contributed by atoms with E-state index in [0.717, 1.165) is 0 Å². The van der Waals surface area contributed by atoms with E-state index in [1.165, 1.54) is 22.3 Å². The molecule has 2 aromatic rings. The fourth-order valence-electron chi connectivity index (χ4n) is 1.79. The highest BCUT2D eigenvalue weighted by Crippen LogP contribution is 2.22. The zero-order valence-electron chi connectivity index (χ0n) is 11.2. The highest BCUT2D eigenvalue weighted by Gasteiger charge is 2.22. The molecule has 1 amide bonds. The molecule has 0 bridgehead atoms. The number of nitrogens with zero attached hydrogens (tertiary/aromatic N) is 6. The molecule has 104 valence electrons. The van der Waals surface area contributed by atoms with Crippen LogP contribution in [0.15, 0.2) is 17.8 Å². The van der Waals surface area contributed by atoms with Crippen LogP contribution in [0.1, 0.15) is 23.5 Å². The van der Waals surface area contributed by atoms with Crippen LogP contribution < -0.4 is 0 Å². The molecule has 0 saturated carbocycles. The van der Waals surface area contributed by atoms with Gasteiger partial charge in [0.05, 0.1) is 17.7 Å². The standard InChI is InChI=1S/C12H14N6OS/c1-3-17(7-9(2)6-13)12(19)11-10(4-5-20-11)18-8-14-15-16-18/h4-5,8-9H,3,7H2,1-2H3/t9-/m1/s1. The Kier molecular flexibility index (Phi) is 4.42. The molecule has 0 spiro atoms. The van der Waals surface area contributed by atoms with Crippen LogP contribution in [0, 0.1) is 17.2 Å². The van der Waals surface area contributed by atoms with Crippen molar-refractivity contribution >= 4 is 17.2 Å². The van der Waals surface area contributed by atoms with E-state index in [9.17, 15) is 4.79 Å². The normalized spacial score (nSPS) is 11.8. The third-order valence-electron chi connectivity index (χ3n) is 2.82. The number of carbonyl (C=O) groups is 1. The lowest BCUT2D eigenvalue weighted by atomic mass is 10.2. The van der Waals surface area contributed by atoms with Gasteiger partial charge in [-0.2, -0.15) is 9.94 Å². The van der Waals surface area contributed by atoms with Crippen LogP contribution in [-0.2, 0) is 0 Å². The number of hydrogen-bond donors (Lipinski definition) is 0. The minimum atomic E-state index is -0.199. The first-order valence-electron chi connectivity index (χ1n) is 6.17. The summed E-state index contributed by atoms with van der Waals surface area (Å²) < 4.78 is 1.46. The summed E-state index contributed by atoms with van der Waals surface area (Å²) in [5, 5.41) is 21.7. The first-order chi connectivity index (χ1) is 9.67. The quantitative estimate of drug-likeness (QED) is 0.829. The molecule has 8 heteroatoms. The Bertz CT molecular complexity index is 614. The predicted molar refractivity (Wildman–Crippen MR) is 73.4 cm³/mol. The van der Waals surface area contributed by atoms with Crippen LogP contribution in [0.4, 0.5) is 0 Å². The Balaban J connectivity index is 2.25. The third kappa shape index (κ3) is 2.83. The Morgan fingerprint density at radius 3 is 3.05 bits per heavy atom. The molecular weight excluding hydrogens is 276 g/mol. The molecule has 0 unspecified atom stereocenters. The zero-order valence-corrected chi connectivity index (χ0v) is 12.0. The summed E-state index contributed by atoms with van der Waals surface area (Å²) in [6.45, 7) is 4.66. The molecule has 0 fully saturated rings. The molecule has 0 aliphatic carbocycles. The minimum Gasteiger partial charge on any atom is -0.337 e. The molecule has 0 aliphatic heterocycles. The van der Waals surface area contributed by atoms with Crippen LogP contribution in [0.25, 0.3) is 5.69 Å². The van der Waals surface area contributed by atoms with Gasteiger partial charge in [0.2, 0.25) is 0 Å². The summed E-state index contributed by atoms with van der Waals surface area (Å²) in [5.41, 5.74) is 0.660. The monoisotopic (exact) mass is 290 g/mol. The van der Waals surface area contributed by atoms with Gasteiger partial charge in [-0.1, -0.05) is 0 Å². The number of nitriles is 1. The van der Waals surface area contributed by atoms with Crippen molar-refractivity contribution in [2.75, 3.05) is 13.1 Å². The van der Waals surface area contributed by atoms with Crippen LogP contribution >= 0.6 is 11.3 Å². The summed E-state index contributed by atoms with van der Waals surface area (Å²) in [6, 6.07) is 3.95. The van der Waals surface area contributed by atoms with Crippen molar-refractivity contribution in [1.82, 2.24) is 25.1 Å². The van der Waals surface area contributed by atoms with E-state index >= 15 is 0 Å². The van der Waals surface area contributed by atoms with Crippen molar-refractivity contribution in [1.29, 1.82) is 5.26 Å². The number of amides is 1. The minimum absolute atomic E-state index is 0.102. The Labute approximate surface area is 120 Å². The molecule has 2 rings (SSSR count). The van der Waals surface area contributed by atoms with E-state index in [0.29, 0.717) is 23.7 Å². The van der Waals surface area contributed by atoms with Gasteiger partial charge in [-0.3, -0.25) is 4.79 Å². The second-order valence-electron chi connectivity index (χ2n) is 4.26. The largest absolute Gasteiger partial charge is 0.337 e. The molecule has 0 saturated heterocycles. The van der Waals surface area contributed by atoms with Gasteiger partial charge in [-0.05, 0) is 35.7 Å². The molecule has 0 radical (unpaired) electrons. The van der Waals surface area contributed by atoms with Crippen LogP contribution in [-0.4, -0.2) is 44.1 Å². The summed E-state index contributed by atoms with van der Waals surface area (Å²) in [4.78, 5) is 14.8. The van der Waals surface area contributed by atoms with Gasteiger partial charge in [-0.15, -0.1) is 16.4 Å². The van der Waals surface area contributed by atoms with Gasteiger partial charge >= 0.3 is 0 Å². The second kappa shape index (κ2) is 6.25. The van der Waals surface area contributed by atoms with Gasteiger partial charge in [0.25, 0.3) is 5.91 Å². The molecule has 0 aromatic carbocycles. The number of thiophene rings is 1. The molecule has 7 nitrogen and oxygen atoms in total. The summed E-state index contributed by atoms with van der Waals surface area (Å²) in [5.74, 6) is -0.301. The second-order valence-corrected chi connectivity index (χ2v) is 5.18. The van der Waals surface area contributed by atoms with Crippen molar-refractivity contribution in [2.24, 2.45) is 5.92 Å². The lowest BCUT2D eigenvalue weighted by Crippen LogP contribution is -2.34. The fourth-order valence-corrected chi connectivity index (χ4v) is 2.63. The fraction of sp³-hybridized carbons (Fsp3) is 0.417. The van der Waals surface area contributed by atoms with E-state index in [1.807, 2.05) is 12.3 Å². The average molecular weight is 290 g/mol. The van der Waals surface area contributed by atoms with Crippen molar-refractivity contribution in [3.8, 4) is 11.8 Å². The highest BCUT2D eigenvalue weighted by atomic mass is 32.1. The van der Waals surface area contributed by atoms with E-state index < -0.39 is 0 Å². The van der Waals surface area contributed by atoms with Gasteiger partial charge in [0.1, 0.15) is 11.2 Å². The number of carbonyl (C=O) groups excluding carboxylic acids is 1. The number of rotatable bonds is 5. The summed E-state index contributed by atoms with van der Waals surface area (Å²) in [7, 11) is 0. The van der Waals surface area contributed by atoms with Crippen LogP contribution in [0.3, 0.4) is 0 Å². The molecule has 2 aromatic heterocycles. The van der Waals surface area contributed by atoms with Gasteiger partial charge in [0.15, 0.2) is 0 Å². The van der Waals surface area contributed by atoms with Crippen molar-refractivity contribution < 1.29 is 4.79 Å². The molecule has 20 heavy (non-hydrogen) atoms. The summed E-state index contributed by atoms with van der Waals surface area (Å²) in [6.07, 6.45) is 1.45. The molecular formula is C12H14N6OS. The maximum atomic E-state index is 12.5. The third-order valence-corrected chi connectivity index (χ3v) is 3.71. The molecule has 0 N–H and O–H groups in total. The van der Waals surface area contributed by atoms with Crippen molar-refractivity contribution in [3.05, 3.63) is 22.7 Å². The SMILES string of the molecule is CCN(C[C@H](C)C#N)C(=O)c1sccc1-n1cnnn1. The number of hydrogen-bond acceptors (Lipinski definition) is 6. The van der Waals surface area contributed by atoms with E-state index in [2.05, 4.69) is 21.6 Å². The lowest BCUT2D eigenvalue weighted by molar-refractivity contribution is 0.0757. The van der Waals surface area contributed by atoms with E-state index in [4.69, 9.17) is 5.26 Å². The van der Waals surface area contributed by atoms with Crippen LogP contribution in [0.2, 0.25) is 0 Å². The van der Waals surface area contributed by atoms with E-state index in [-0.39, 0.29) is 11.8 Å².